The maximum absolute atomic E-state index is 2.71. The van der Waals surface area contributed by atoms with E-state index in [2.05, 4.69) is 35.2 Å². The number of piperidine rings is 1. The summed E-state index contributed by atoms with van der Waals surface area (Å²) in [7, 11) is 0. The summed E-state index contributed by atoms with van der Waals surface area (Å²) >= 11 is 0. The molecule has 0 unspecified atom stereocenters. The molecule has 2 aliphatic rings. The van der Waals surface area contributed by atoms with E-state index in [0.29, 0.717) is 0 Å². The Kier molecular flexibility index (Phi) is 2.49. The van der Waals surface area contributed by atoms with Crippen LogP contribution in [0, 0.1) is 0 Å². The van der Waals surface area contributed by atoms with Crippen LogP contribution in [-0.4, -0.2) is 24.0 Å². The highest BCUT2D eigenvalue weighted by Crippen LogP contribution is 2.34. The summed E-state index contributed by atoms with van der Waals surface area (Å²) in [5, 5.41) is 0. The minimum atomic E-state index is 0.792. The van der Waals surface area contributed by atoms with Crippen molar-refractivity contribution in [3.05, 3.63) is 35.9 Å². The van der Waals surface area contributed by atoms with Crippen molar-refractivity contribution in [1.29, 1.82) is 0 Å². The molecule has 2 saturated heterocycles. The first kappa shape index (κ1) is 9.41. The van der Waals surface area contributed by atoms with Crippen molar-refractivity contribution in [2.45, 2.75) is 37.6 Å². The molecule has 1 aromatic rings. The highest BCUT2D eigenvalue weighted by Gasteiger charge is 2.31. The van der Waals surface area contributed by atoms with E-state index in [1.54, 1.807) is 5.56 Å². The molecular formula is C14H19N. The molecule has 2 atom stereocenters. The summed E-state index contributed by atoms with van der Waals surface area (Å²) in [5.41, 5.74) is 1.54. The predicted octanol–water partition coefficient (Wildman–Crippen LogP) is 3.03. The van der Waals surface area contributed by atoms with Gasteiger partial charge in [0.25, 0.3) is 0 Å². The zero-order chi connectivity index (χ0) is 10.1. The number of fused-ring (bicyclic) bond motifs is 1. The molecule has 3 rings (SSSR count). The van der Waals surface area contributed by atoms with Crippen LogP contribution in [0.15, 0.2) is 30.3 Å². The van der Waals surface area contributed by atoms with E-state index in [0.717, 1.165) is 12.0 Å². The van der Waals surface area contributed by atoms with Crippen LogP contribution in [0.4, 0.5) is 0 Å². The highest BCUT2D eigenvalue weighted by atomic mass is 15.2. The van der Waals surface area contributed by atoms with Gasteiger partial charge in [0, 0.05) is 12.6 Å². The lowest BCUT2D eigenvalue weighted by Crippen LogP contribution is -2.37. The Bertz CT molecular complexity index is 319. The van der Waals surface area contributed by atoms with E-state index in [1.807, 2.05) is 0 Å². The fourth-order valence-electron chi connectivity index (χ4n) is 3.23. The van der Waals surface area contributed by atoms with Gasteiger partial charge in [-0.1, -0.05) is 30.3 Å². The molecular weight excluding hydrogens is 182 g/mol. The summed E-state index contributed by atoms with van der Waals surface area (Å²) in [6, 6.07) is 12.0. The van der Waals surface area contributed by atoms with Crippen LogP contribution >= 0.6 is 0 Å². The second-order valence-corrected chi connectivity index (χ2v) is 4.98. The third kappa shape index (κ3) is 1.81. The highest BCUT2D eigenvalue weighted by molar-refractivity contribution is 5.20. The summed E-state index contributed by atoms with van der Waals surface area (Å²) < 4.78 is 0. The van der Waals surface area contributed by atoms with Gasteiger partial charge in [0.15, 0.2) is 0 Å². The third-order valence-corrected chi connectivity index (χ3v) is 4.07. The number of rotatable bonds is 1. The summed E-state index contributed by atoms with van der Waals surface area (Å²) in [5.74, 6) is 0.792. The molecule has 0 radical (unpaired) electrons. The molecule has 2 aliphatic heterocycles. The largest absolute Gasteiger partial charge is 0.300 e. The van der Waals surface area contributed by atoms with E-state index >= 15 is 0 Å². The molecule has 0 N–H and O–H groups in total. The Balaban J connectivity index is 1.74. The lowest BCUT2D eigenvalue weighted by molar-refractivity contribution is 0.178. The zero-order valence-electron chi connectivity index (χ0n) is 9.23. The molecule has 1 aromatic carbocycles. The maximum Gasteiger partial charge on any atom is 0.00962 e. The van der Waals surface area contributed by atoms with Gasteiger partial charge in [-0.05, 0) is 43.7 Å². The van der Waals surface area contributed by atoms with Gasteiger partial charge in [0.1, 0.15) is 0 Å². The van der Waals surface area contributed by atoms with Crippen molar-refractivity contribution in [1.82, 2.24) is 4.90 Å². The van der Waals surface area contributed by atoms with Gasteiger partial charge < -0.3 is 0 Å². The van der Waals surface area contributed by atoms with Crippen molar-refractivity contribution in [2.75, 3.05) is 13.1 Å². The number of hydrogen-bond donors (Lipinski definition) is 0. The van der Waals surface area contributed by atoms with Crippen LogP contribution in [0.5, 0.6) is 0 Å². The fourth-order valence-corrected chi connectivity index (χ4v) is 3.23. The van der Waals surface area contributed by atoms with Crippen molar-refractivity contribution >= 4 is 0 Å². The van der Waals surface area contributed by atoms with Crippen LogP contribution in [0.25, 0.3) is 0 Å². The Labute approximate surface area is 92.1 Å². The molecule has 80 valence electrons. The first-order valence-corrected chi connectivity index (χ1v) is 6.22. The quantitative estimate of drug-likeness (QED) is 0.675. The van der Waals surface area contributed by atoms with Crippen molar-refractivity contribution in [3.63, 3.8) is 0 Å². The second-order valence-electron chi connectivity index (χ2n) is 4.98. The molecule has 2 fully saturated rings. The molecule has 1 nitrogen and oxygen atoms in total. The first-order chi connectivity index (χ1) is 7.43. The molecule has 0 saturated carbocycles. The third-order valence-electron chi connectivity index (χ3n) is 4.07. The van der Waals surface area contributed by atoms with E-state index in [-0.39, 0.29) is 0 Å². The van der Waals surface area contributed by atoms with Crippen molar-refractivity contribution in [3.8, 4) is 0 Å². The normalized spacial score (nSPS) is 31.5. The Morgan fingerprint density at radius 2 is 1.87 bits per heavy atom. The Morgan fingerprint density at radius 3 is 2.73 bits per heavy atom. The lowest BCUT2D eigenvalue weighted by Gasteiger charge is -2.35. The lowest BCUT2D eigenvalue weighted by atomic mass is 9.88. The molecule has 1 heteroatoms. The molecule has 2 heterocycles. The predicted molar refractivity (Wildman–Crippen MR) is 63.0 cm³/mol. The van der Waals surface area contributed by atoms with Gasteiger partial charge in [-0.15, -0.1) is 0 Å². The minimum absolute atomic E-state index is 0.792. The van der Waals surface area contributed by atoms with Crippen LogP contribution < -0.4 is 0 Å². The SMILES string of the molecule is c1ccc([C@H]2CC[C@@H]3CCCN3C2)cc1. The fraction of sp³-hybridized carbons (Fsp3) is 0.571. The van der Waals surface area contributed by atoms with Crippen LogP contribution in [0.3, 0.4) is 0 Å². The first-order valence-electron chi connectivity index (χ1n) is 6.22. The van der Waals surface area contributed by atoms with Gasteiger partial charge in [-0.2, -0.15) is 0 Å². The zero-order valence-corrected chi connectivity index (χ0v) is 9.23. The van der Waals surface area contributed by atoms with E-state index < -0.39 is 0 Å². The van der Waals surface area contributed by atoms with Crippen LogP contribution in [0.1, 0.15) is 37.2 Å². The van der Waals surface area contributed by atoms with E-state index in [1.165, 1.54) is 38.8 Å². The summed E-state index contributed by atoms with van der Waals surface area (Å²) in [6.07, 6.45) is 5.68. The monoisotopic (exact) mass is 201 g/mol. The van der Waals surface area contributed by atoms with Crippen LogP contribution in [-0.2, 0) is 0 Å². The van der Waals surface area contributed by atoms with Crippen LogP contribution in [0.2, 0.25) is 0 Å². The summed E-state index contributed by atoms with van der Waals surface area (Å²) in [6.45, 7) is 2.64. The number of nitrogens with zero attached hydrogens (tertiary/aromatic N) is 1. The Hall–Kier alpha value is -0.820. The molecule has 0 aromatic heterocycles. The molecule has 0 amide bonds. The molecule has 0 spiro atoms. The molecule has 15 heavy (non-hydrogen) atoms. The second kappa shape index (κ2) is 3.97. The van der Waals surface area contributed by atoms with E-state index in [4.69, 9.17) is 0 Å². The topological polar surface area (TPSA) is 3.24 Å². The van der Waals surface area contributed by atoms with Crippen molar-refractivity contribution < 1.29 is 0 Å². The molecule has 0 bridgehead atoms. The number of benzene rings is 1. The Morgan fingerprint density at radius 1 is 1.00 bits per heavy atom. The van der Waals surface area contributed by atoms with Gasteiger partial charge >= 0.3 is 0 Å². The van der Waals surface area contributed by atoms with Crippen molar-refractivity contribution in [2.24, 2.45) is 0 Å². The average Bonchev–Trinajstić information content (AvgIpc) is 2.77. The van der Waals surface area contributed by atoms with Gasteiger partial charge in [0.05, 0.1) is 0 Å². The van der Waals surface area contributed by atoms with Gasteiger partial charge in [-0.3, -0.25) is 4.90 Å². The standard InChI is InChI=1S/C14H19N/c1-2-5-12(6-3-1)13-8-9-14-7-4-10-15(14)11-13/h1-3,5-6,13-14H,4,7-11H2/t13-,14-/m0/s1. The summed E-state index contributed by atoms with van der Waals surface area (Å²) in [4.78, 5) is 2.71. The maximum atomic E-state index is 2.71. The molecule has 0 aliphatic carbocycles. The van der Waals surface area contributed by atoms with Gasteiger partial charge in [-0.25, -0.2) is 0 Å². The van der Waals surface area contributed by atoms with E-state index in [9.17, 15) is 0 Å². The average molecular weight is 201 g/mol. The number of hydrogen-bond acceptors (Lipinski definition) is 1. The minimum Gasteiger partial charge on any atom is -0.300 e. The van der Waals surface area contributed by atoms with Gasteiger partial charge in [0.2, 0.25) is 0 Å². The smallest absolute Gasteiger partial charge is 0.00962 e.